The Bertz CT molecular complexity index is 654. The normalized spacial score (nSPS) is 12.2. The quantitative estimate of drug-likeness (QED) is 0.167. The molecule has 1 atom stereocenters. The number of carbonyl (C=O) groups excluding carboxylic acids is 1. The lowest BCUT2D eigenvalue weighted by Gasteiger charge is -2.14. The van der Waals surface area contributed by atoms with Crippen LogP contribution in [0.1, 0.15) is 102 Å². The molecule has 5 nitrogen and oxygen atoms in total. The minimum Gasteiger partial charge on any atom is -0.508 e. The highest BCUT2D eigenvalue weighted by atomic mass is 16.4. The number of nitrogens with one attached hydrogen (secondary N) is 1. The first-order chi connectivity index (χ1) is 15.5. The number of phenolic OH excluding ortho intramolecular Hbond substituents is 1. The molecular formula is C27H43NO4. The average molecular weight is 446 g/mol. The summed E-state index contributed by atoms with van der Waals surface area (Å²) in [7, 11) is 0. The van der Waals surface area contributed by atoms with Gasteiger partial charge in [-0.2, -0.15) is 0 Å². The Morgan fingerprint density at radius 1 is 0.844 bits per heavy atom. The van der Waals surface area contributed by atoms with Crippen molar-refractivity contribution in [1.29, 1.82) is 0 Å². The van der Waals surface area contributed by atoms with Gasteiger partial charge in [-0.25, -0.2) is 4.79 Å². The van der Waals surface area contributed by atoms with E-state index in [9.17, 15) is 19.8 Å². The number of hydrogen-bond donors (Lipinski definition) is 3. The SMILES string of the molecule is CCCCCC/C=C\CCCCCCCCCC(=O)NC(Cc1ccc(O)cc1)C(=O)O. The summed E-state index contributed by atoms with van der Waals surface area (Å²) in [5.74, 6) is -1.12. The van der Waals surface area contributed by atoms with E-state index in [0.717, 1.165) is 24.8 Å². The van der Waals surface area contributed by atoms with E-state index in [1.807, 2.05) is 0 Å². The molecule has 180 valence electrons. The summed E-state index contributed by atoms with van der Waals surface area (Å²) in [6, 6.07) is 5.42. The van der Waals surface area contributed by atoms with Crippen molar-refractivity contribution in [1.82, 2.24) is 5.32 Å². The summed E-state index contributed by atoms with van der Waals surface area (Å²) >= 11 is 0. The molecule has 0 aliphatic heterocycles. The maximum atomic E-state index is 12.1. The number of unbranched alkanes of at least 4 members (excludes halogenated alkanes) is 11. The molecule has 0 saturated heterocycles. The lowest BCUT2D eigenvalue weighted by Crippen LogP contribution is -2.42. The number of benzene rings is 1. The van der Waals surface area contributed by atoms with Crippen LogP contribution in [0.4, 0.5) is 0 Å². The van der Waals surface area contributed by atoms with E-state index in [1.54, 1.807) is 12.1 Å². The topological polar surface area (TPSA) is 86.6 Å². The van der Waals surface area contributed by atoms with E-state index in [1.165, 1.54) is 76.3 Å². The van der Waals surface area contributed by atoms with Gasteiger partial charge in [0.05, 0.1) is 0 Å². The van der Waals surface area contributed by atoms with Crippen molar-refractivity contribution >= 4 is 11.9 Å². The largest absolute Gasteiger partial charge is 0.508 e. The first-order valence-corrected chi connectivity index (χ1v) is 12.5. The van der Waals surface area contributed by atoms with Gasteiger partial charge in [0.2, 0.25) is 5.91 Å². The second-order valence-corrected chi connectivity index (χ2v) is 8.66. The fourth-order valence-electron chi connectivity index (χ4n) is 3.69. The minimum atomic E-state index is -1.04. The Balaban J connectivity index is 2.02. The molecule has 1 aromatic rings. The number of allylic oxidation sites excluding steroid dienone is 2. The standard InChI is InChI=1S/C27H43NO4/c1-2-3-4-5-6-7-8-9-10-11-12-13-14-15-16-17-26(30)28-25(27(31)32)22-23-18-20-24(29)21-19-23/h7-8,18-21,25,29H,2-6,9-17,22H2,1H3,(H,28,30)(H,31,32)/b8-7-. The molecule has 0 saturated carbocycles. The minimum absolute atomic E-state index is 0.134. The van der Waals surface area contributed by atoms with Crippen molar-refractivity contribution in [2.24, 2.45) is 0 Å². The van der Waals surface area contributed by atoms with Crippen LogP contribution in [0.3, 0.4) is 0 Å². The third-order valence-electron chi connectivity index (χ3n) is 5.68. The number of aromatic hydroxyl groups is 1. The van der Waals surface area contributed by atoms with Gasteiger partial charge in [0.1, 0.15) is 11.8 Å². The average Bonchev–Trinajstić information content (AvgIpc) is 2.77. The molecule has 1 rings (SSSR count). The molecule has 0 spiro atoms. The van der Waals surface area contributed by atoms with Crippen molar-refractivity contribution in [2.45, 2.75) is 109 Å². The van der Waals surface area contributed by atoms with Crippen molar-refractivity contribution in [3.8, 4) is 5.75 Å². The van der Waals surface area contributed by atoms with Crippen molar-refractivity contribution < 1.29 is 19.8 Å². The Kier molecular flexibility index (Phi) is 15.9. The van der Waals surface area contributed by atoms with Gasteiger partial charge in [0, 0.05) is 12.8 Å². The summed E-state index contributed by atoms with van der Waals surface area (Å²) in [6.45, 7) is 2.24. The molecule has 0 aromatic heterocycles. The van der Waals surface area contributed by atoms with Gasteiger partial charge in [0.25, 0.3) is 0 Å². The first-order valence-electron chi connectivity index (χ1n) is 12.5. The fraction of sp³-hybridized carbons (Fsp3) is 0.630. The van der Waals surface area contributed by atoms with Crippen LogP contribution in [-0.4, -0.2) is 28.1 Å². The molecule has 1 aromatic carbocycles. The number of carbonyl (C=O) groups is 2. The van der Waals surface area contributed by atoms with Gasteiger partial charge in [-0.3, -0.25) is 4.79 Å². The zero-order valence-electron chi connectivity index (χ0n) is 19.9. The molecule has 0 bridgehead atoms. The van der Waals surface area contributed by atoms with Gasteiger partial charge >= 0.3 is 5.97 Å². The number of aliphatic carboxylic acids is 1. The predicted molar refractivity (Wildman–Crippen MR) is 131 cm³/mol. The van der Waals surface area contributed by atoms with Crippen molar-refractivity contribution in [2.75, 3.05) is 0 Å². The van der Waals surface area contributed by atoms with Gasteiger partial charge in [0.15, 0.2) is 0 Å². The molecule has 0 aliphatic rings. The molecule has 0 heterocycles. The van der Waals surface area contributed by atoms with Gasteiger partial charge in [-0.05, 0) is 49.8 Å². The van der Waals surface area contributed by atoms with E-state index >= 15 is 0 Å². The summed E-state index contributed by atoms with van der Waals surface area (Å²) in [4.78, 5) is 23.6. The number of amides is 1. The molecule has 0 fully saturated rings. The third kappa shape index (κ3) is 14.7. The fourth-order valence-corrected chi connectivity index (χ4v) is 3.69. The van der Waals surface area contributed by atoms with Crippen molar-refractivity contribution in [3.63, 3.8) is 0 Å². The Hall–Kier alpha value is -2.30. The maximum absolute atomic E-state index is 12.1. The number of rotatable bonds is 19. The zero-order valence-corrected chi connectivity index (χ0v) is 19.9. The van der Waals surface area contributed by atoms with E-state index in [0.29, 0.717) is 6.42 Å². The number of hydrogen-bond acceptors (Lipinski definition) is 3. The second kappa shape index (κ2) is 18.3. The van der Waals surface area contributed by atoms with Crippen LogP contribution in [0.25, 0.3) is 0 Å². The highest BCUT2D eigenvalue weighted by Crippen LogP contribution is 2.13. The van der Waals surface area contributed by atoms with Crippen LogP contribution < -0.4 is 5.32 Å². The zero-order chi connectivity index (χ0) is 23.4. The number of carboxylic acids is 1. The number of phenols is 1. The summed E-state index contributed by atoms with van der Waals surface area (Å²) in [5, 5.41) is 21.3. The first kappa shape index (κ1) is 27.7. The van der Waals surface area contributed by atoms with Crippen LogP contribution >= 0.6 is 0 Å². The predicted octanol–water partition coefficient (Wildman–Crippen LogP) is 6.54. The Labute approximate surface area is 194 Å². The van der Waals surface area contributed by atoms with Crippen LogP contribution in [0, 0.1) is 0 Å². The van der Waals surface area contributed by atoms with Gasteiger partial charge in [-0.1, -0.05) is 82.6 Å². The Morgan fingerprint density at radius 2 is 1.38 bits per heavy atom. The summed E-state index contributed by atoms with van der Waals surface area (Å²) in [6.07, 6.45) is 20.8. The lowest BCUT2D eigenvalue weighted by atomic mass is 10.0. The van der Waals surface area contributed by atoms with E-state index < -0.39 is 12.0 Å². The molecule has 3 N–H and O–H groups in total. The van der Waals surface area contributed by atoms with Crippen LogP contribution in [0.5, 0.6) is 5.75 Å². The molecule has 32 heavy (non-hydrogen) atoms. The highest BCUT2D eigenvalue weighted by Gasteiger charge is 2.20. The van der Waals surface area contributed by atoms with Gasteiger partial charge < -0.3 is 15.5 Å². The molecule has 0 radical (unpaired) electrons. The van der Waals surface area contributed by atoms with E-state index in [4.69, 9.17) is 0 Å². The maximum Gasteiger partial charge on any atom is 0.326 e. The molecule has 5 heteroatoms. The smallest absolute Gasteiger partial charge is 0.326 e. The monoisotopic (exact) mass is 445 g/mol. The van der Waals surface area contributed by atoms with Crippen LogP contribution in [0.2, 0.25) is 0 Å². The van der Waals surface area contributed by atoms with Crippen LogP contribution in [0.15, 0.2) is 36.4 Å². The molecule has 1 amide bonds. The number of carboxylic acid groups (broad SMARTS) is 1. The van der Waals surface area contributed by atoms with Gasteiger partial charge in [-0.15, -0.1) is 0 Å². The third-order valence-corrected chi connectivity index (χ3v) is 5.68. The van der Waals surface area contributed by atoms with Crippen molar-refractivity contribution in [3.05, 3.63) is 42.0 Å². The second-order valence-electron chi connectivity index (χ2n) is 8.66. The van der Waals surface area contributed by atoms with E-state index in [-0.39, 0.29) is 18.1 Å². The van der Waals surface area contributed by atoms with E-state index in [2.05, 4.69) is 24.4 Å². The Morgan fingerprint density at radius 3 is 1.94 bits per heavy atom. The highest BCUT2D eigenvalue weighted by molar-refractivity contribution is 5.83. The molecule has 1 unspecified atom stereocenters. The molecule has 0 aliphatic carbocycles. The molecular weight excluding hydrogens is 402 g/mol. The summed E-state index contributed by atoms with van der Waals surface area (Å²) in [5.41, 5.74) is 0.762. The lowest BCUT2D eigenvalue weighted by molar-refractivity contribution is -0.141. The summed E-state index contributed by atoms with van der Waals surface area (Å²) < 4.78 is 0. The van der Waals surface area contributed by atoms with Crippen LogP contribution in [-0.2, 0) is 16.0 Å².